The van der Waals surface area contributed by atoms with Crippen LogP contribution in [0.1, 0.15) is 18.1 Å². The van der Waals surface area contributed by atoms with Gasteiger partial charge in [-0.3, -0.25) is 9.69 Å². The first-order valence-electron chi connectivity index (χ1n) is 6.71. The van der Waals surface area contributed by atoms with Crippen LogP contribution in [0.5, 0.6) is 0 Å². The van der Waals surface area contributed by atoms with Gasteiger partial charge in [-0.1, -0.05) is 11.6 Å². The fourth-order valence-corrected chi connectivity index (χ4v) is 2.24. The molecule has 118 valence electrons. The maximum atomic E-state index is 12.4. The lowest BCUT2D eigenvalue weighted by Gasteiger charge is -2.19. The van der Waals surface area contributed by atoms with E-state index in [1.165, 1.54) is 6.92 Å². The van der Waals surface area contributed by atoms with Gasteiger partial charge in [0, 0.05) is 17.1 Å². The summed E-state index contributed by atoms with van der Waals surface area (Å²) in [4.78, 5) is 24.8. The van der Waals surface area contributed by atoms with Crippen molar-refractivity contribution in [3.8, 4) is 11.8 Å². The van der Waals surface area contributed by atoms with Crippen molar-refractivity contribution in [2.24, 2.45) is 0 Å². The number of aromatic nitrogens is 2. The van der Waals surface area contributed by atoms with Crippen LogP contribution in [0.3, 0.4) is 0 Å². The van der Waals surface area contributed by atoms with Crippen molar-refractivity contribution in [3.05, 3.63) is 50.8 Å². The Labute approximate surface area is 137 Å². The highest BCUT2D eigenvalue weighted by atomic mass is 35.5. The zero-order valence-corrected chi connectivity index (χ0v) is 13.2. The molecule has 1 aromatic heterocycles. The number of halogens is 1. The summed E-state index contributed by atoms with van der Waals surface area (Å²) < 4.78 is 1.00. The first kappa shape index (κ1) is 16.5. The van der Waals surface area contributed by atoms with Gasteiger partial charge in [-0.25, -0.2) is 4.79 Å². The Morgan fingerprint density at radius 3 is 2.52 bits per heavy atom. The molecule has 23 heavy (non-hydrogen) atoms. The van der Waals surface area contributed by atoms with E-state index in [1.807, 2.05) is 6.07 Å². The molecule has 0 fully saturated rings. The van der Waals surface area contributed by atoms with E-state index in [4.69, 9.17) is 11.6 Å². The summed E-state index contributed by atoms with van der Waals surface area (Å²) in [5.41, 5.74) is -0.146. The lowest BCUT2D eigenvalue weighted by atomic mass is 10.1. The number of hydrogen-bond donors (Lipinski definition) is 1. The molecule has 7 nitrogen and oxygen atoms in total. The first-order chi connectivity index (χ1) is 10.9. The molecule has 0 atom stereocenters. The van der Waals surface area contributed by atoms with Crippen LogP contribution in [0.15, 0.2) is 29.1 Å². The van der Waals surface area contributed by atoms with Crippen LogP contribution < -0.4 is 10.5 Å². The second-order valence-corrected chi connectivity index (χ2v) is 5.09. The molecule has 0 radical (unpaired) electrons. The highest BCUT2D eigenvalue weighted by Gasteiger charge is 2.22. The van der Waals surface area contributed by atoms with Crippen LogP contribution in [0, 0.1) is 18.3 Å². The average Bonchev–Trinajstić information content (AvgIpc) is 2.51. The maximum Gasteiger partial charge on any atom is 0.413 e. The number of amides is 1. The fraction of sp³-hybridized carbons (Fsp3) is 0.200. The van der Waals surface area contributed by atoms with Crippen LogP contribution in [0.2, 0.25) is 5.02 Å². The van der Waals surface area contributed by atoms with Gasteiger partial charge in [0.1, 0.15) is 11.6 Å². The summed E-state index contributed by atoms with van der Waals surface area (Å²) in [6, 6.07) is 8.10. The summed E-state index contributed by atoms with van der Waals surface area (Å²) in [5.74, 6) is 0.0473. The van der Waals surface area contributed by atoms with E-state index in [9.17, 15) is 20.0 Å². The number of nitriles is 1. The number of rotatable bonds is 3. The number of carboxylic acid groups (broad SMARTS) is 1. The molecule has 0 saturated heterocycles. The molecule has 2 aromatic rings. The zero-order chi connectivity index (χ0) is 17.1. The standard InChI is InChI=1S/C15H13ClN4O3/c1-3-19(15(22)23)13-9(2)12(8-17)14(21)20(18-13)11-6-4-10(16)5-7-11/h4-7H,3H2,1-2H3,(H,22,23). The summed E-state index contributed by atoms with van der Waals surface area (Å²) in [7, 11) is 0. The predicted octanol–water partition coefficient (Wildman–Crippen LogP) is 2.57. The molecule has 0 saturated carbocycles. The van der Waals surface area contributed by atoms with Gasteiger partial charge in [-0.15, -0.1) is 5.10 Å². The molecule has 8 heteroatoms. The third-order valence-electron chi connectivity index (χ3n) is 3.30. The van der Waals surface area contributed by atoms with Gasteiger partial charge in [0.15, 0.2) is 5.82 Å². The van der Waals surface area contributed by atoms with Crippen LogP contribution >= 0.6 is 11.6 Å². The van der Waals surface area contributed by atoms with E-state index < -0.39 is 11.7 Å². The second-order valence-electron chi connectivity index (χ2n) is 4.66. The van der Waals surface area contributed by atoms with Crippen molar-refractivity contribution in [1.82, 2.24) is 9.78 Å². The summed E-state index contributed by atoms with van der Waals surface area (Å²) in [5, 5.41) is 23.1. The summed E-state index contributed by atoms with van der Waals surface area (Å²) in [6.45, 7) is 3.27. The molecule has 0 aliphatic heterocycles. The Kier molecular flexibility index (Phi) is 4.67. The Morgan fingerprint density at radius 2 is 2.04 bits per heavy atom. The highest BCUT2D eigenvalue weighted by Crippen LogP contribution is 2.20. The number of anilines is 1. The van der Waals surface area contributed by atoms with Crippen LogP contribution in [0.25, 0.3) is 5.69 Å². The molecule has 1 N–H and O–H groups in total. The summed E-state index contributed by atoms with van der Waals surface area (Å²) >= 11 is 5.82. The summed E-state index contributed by atoms with van der Waals surface area (Å²) in [6.07, 6.45) is -1.21. The molecule has 0 spiro atoms. The molecule has 0 unspecified atom stereocenters. The van der Waals surface area contributed by atoms with Crippen LogP contribution in [0.4, 0.5) is 10.6 Å². The SMILES string of the molecule is CCN(C(=O)O)c1nn(-c2ccc(Cl)cc2)c(=O)c(C#N)c1C. The molecule has 0 aliphatic carbocycles. The van der Waals surface area contributed by atoms with E-state index in [1.54, 1.807) is 31.2 Å². The van der Waals surface area contributed by atoms with Gasteiger partial charge in [-0.2, -0.15) is 9.94 Å². The molecular formula is C15H13ClN4O3. The number of benzene rings is 1. The van der Waals surface area contributed by atoms with Crippen LogP contribution in [-0.4, -0.2) is 27.5 Å². The third kappa shape index (κ3) is 3.03. The smallest absolute Gasteiger partial charge is 0.413 e. The van der Waals surface area contributed by atoms with Gasteiger partial charge in [0.05, 0.1) is 5.69 Å². The molecule has 0 bridgehead atoms. The monoisotopic (exact) mass is 332 g/mol. The minimum absolute atomic E-state index is 0.0473. The van der Waals surface area contributed by atoms with Crippen molar-refractivity contribution in [2.75, 3.05) is 11.4 Å². The topological polar surface area (TPSA) is 99.2 Å². The fourth-order valence-electron chi connectivity index (χ4n) is 2.11. The highest BCUT2D eigenvalue weighted by molar-refractivity contribution is 6.30. The third-order valence-corrected chi connectivity index (χ3v) is 3.55. The van der Waals surface area contributed by atoms with Crippen molar-refractivity contribution < 1.29 is 9.90 Å². The number of nitrogens with zero attached hydrogens (tertiary/aromatic N) is 4. The minimum Gasteiger partial charge on any atom is -0.465 e. The van der Waals surface area contributed by atoms with Crippen molar-refractivity contribution in [1.29, 1.82) is 5.26 Å². The number of carbonyl (C=O) groups is 1. The first-order valence-corrected chi connectivity index (χ1v) is 7.09. The van der Waals surface area contributed by atoms with Crippen LogP contribution in [-0.2, 0) is 0 Å². The molecule has 1 heterocycles. The van der Waals surface area contributed by atoms with Gasteiger partial charge >= 0.3 is 6.09 Å². The molecule has 1 amide bonds. The van der Waals surface area contributed by atoms with E-state index in [0.29, 0.717) is 10.7 Å². The molecule has 2 rings (SSSR count). The van der Waals surface area contributed by atoms with E-state index in [-0.39, 0.29) is 23.5 Å². The molecule has 1 aromatic carbocycles. The average molecular weight is 333 g/mol. The normalized spacial score (nSPS) is 10.2. The maximum absolute atomic E-state index is 12.4. The Balaban J connectivity index is 2.78. The van der Waals surface area contributed by atoms with Crippen molar-refractivity contribution in [2.45, 2.75) is 13.8 Å². The Morgan fingerprint density at radius 1 is 1.43 bits per heavy atom. The zero-order valence-electron chi connectivity index (χ0n) is 12.4. The second kappa shape index (κ2) is 6.50. The van der Waals surface area contributed by atoms with Gasteiger partial charge in [-0.05, 0) is 38.1 Å². The van der Waals surface area contributed by atoms with E-state index in [0.717, 1.165) is 9.58 Å². The molecular weight excluding hydrogens is 320 g/mol. The Hall–Kier alpha value is -2.85. The minimum atomic E-state index is -1.21. The van der Waals surface area contributed by atoms with Gasteiger partial charge in [0.25, 0.3) is 5.56 Å². The Bertz CT molecular complexity index is 853. The van der Waals surface area contributed by atoms with Crippen molar-refractivity contribution in [3.63, 3.8) is 0 Å². The predicted molar refractivity (Wildman–Crippen MR) is 85.3 cm³/mol. The van der Waals surface area contributed by atoms with E-state index in [2.05, 4.69) is 5.10 Å². The van der Waals surface area contributed by atoms with Crippen molar-refractivity contribution >= 4 is 23.5 Å². The lowest BCUT2D eigenvalue weighted by Crippen LogP contribution is -2.35. The lowest BCUT2D eigenvalue weighted by molar-refractivity contribution is 0.202. The van der Waals surface area contributed by atoms with E-state index >= 15 is 0 Å². The largest absolute Gasteiger partial charge is 0.465 e. The van der Waals surface area contributed by atoms with Gasteiger partial charge in [0.2, 0.25) is 0 Å². The van der Waals surface area contributed by atoms with Gasteiger partial charge < -0.3 is 5.11 Å². The quantitative estimate of drug-likeness (QED) is 0.931. The molecule has 0 aliphatic rings. The number of hydrogen-bond acceptors (Lipinski definition) is 4.